The topological polar surface area (TPSA) is 132 Å². The number of nitrogens with zero attached hydrogens (tertiary/aromatic N) is 3. The number of esters is 1. The van der Waals surface area contributed by atoms with Crippen LogP contribution in [-0.4, -0.2) is 62.5 Å². The van der Waals surface area contributed by atoms with Crippen molar-refractivity contribution in [2.45, 2.75) is 83.4 Å². The van der Waals surface area contributed by atoms with Crippen molar-refractivity contribution in [1.82, 2.24) is 19.4 Å². The van der Waals surface area contributed by atoms with Crippen LogP contribution in [0.1, 0.15) is 71.8 Å². The molecule has 2 aliphatic heterocycles. The van der Waals surface area contributed by atoms with Gasteiger partial charge in [0.25, 0.3) is 0 Å². The molecule has 1 aromatic carbocycles. The quantitative estimate of drug-likeness (QED) is 0.430. The zero-order valence-electron chi connectivity index (χ0n) is 23.7. The van der Waals surface area contributed by atoms with Crippen molar-refractivity contribution < 1.29 is 23.9 Å². The molecule has 5 rings (SSSR count). The number of likely N-dealkylation sites (tertiary alicyclic amines) is 1. The minimum absolute atomic E-state index is 0.0656. The van der Waals surface area contributed by atoms with Crippen LogP contribution in [0.15, 0.2) is 23.0 Å². The van der Waals surface area contributed by atoms with E-state index in [0.717, 1.165) is 31.4 Å². The van der Waals surface area contributed by atoms with E-state index in [0.29, 0.717) is 30.5 Å². The molecule has 11 heteroatoms. The average Bonchev–Trinajstić information content (AvgIpc) is 3.48. The van der Waals surface area contributed by atoms with E-state index in [1.54, 1.807) is 11.6 Å². The summed E-state index contributed by atoms with van der Waals surface area (Å²) in [7, 11) is 1.69. The van der Waals surface area contributed by atoms with Gasteiger partial charge in [0.1, 0.15) is 11.6 Å². The van der Waals surface area contributed by atoms with E-state index >= 15 is 0 Å². The lowest BCUT2D eigenvalue weighted by molar-refractivity contribution is -0.159. The summed E-state index contributed by atoms with van der Waals surface area (Å²) in [6, 6.07) is 5.01. The molecule has 2 aromatic rings. The van der Waals surface area contributed by atoms with Crippen molar-refractivity contribution >= 4 is 40.4 Å². The highest BCUT2D eigenvalue weighted by Crippen LogP contribution is 2.33. The Morgan fingerprint density at radius 3 is 2.40 bits per heavy atom. The van der Waals surface area contributed by atoms with Crippen LogP contribution in [0.3, 0.4) is 0 Å². The molecule has 1 unspecified atom stereocenters. The molecule has 3 heterocycles. The highest BCUT2D eigenvalue weighted by Gasteiger charge is 2.37. The van der Waals surface area contributed by atoms with Crippen molar-refractivity contribution in [2.24, 2.45) is 18.9 Å². The number of para-hydroxylation sites is 1. The van der Waals surface area contributed by atoms with Crippen LogP contribution in [0.5, 0.6) is 0 Å². The van der Waals surface area contributed by atoms with E-state index < -0.39 is 17.6 Å². The van der Waals surface area contributed by atoms with Crippen molar-refractivity contribution in [2.75, 3.05) is 18.4 Å². The number of nitrogens with one attached hydrogen (secondary N) is 2. The summed E-state index contributed by atoms with van der Waals surface area (Å²) >= 11 is 0. The van der Waals surface area contributed by atoms with Crippen LogP contribution in [0.2, 0.25) is 0 Å². The smallest absolute Gasteiger partial charge is 0.329 e. The largest absolute Gasteiger partial charge is 0.460 e. The molecule has 2 N–H and O–H groups in total. The molecule has 0 radical (unpaired) electrons. The lowest BCUT2D eigenvalue weighted by Crippen LogP contribution is -2.44. The number of piperidine rings is 1. The molecule has 1 aliphatic carbocycles. The first-order valence-electron chi connectivity index (χ1n) is 14.2. The van der Waals surface area contributed by atoms with Gasteiger partial charge in [-0.2, -0.15) is 0 Å². The van der Waals surface area contributed by atoms with Gasteiger partial charge >= 0.3 is 11.7 Å². The number of fused-ring (bicyclic) bond motifs is 1. The van der Waals surface area contributed by atoms with Gasteiger partial charge in [-0.15, -0.1) is 0 Å². The van der Waals surface area contributed by atoms with E-state index in [9.17, 15) is 24.0 Å². The number of benzene rings is 1. The Morgan fingerprint density at radius 1 is 1.00 bits per heavy atom. The molecule has 3 aliphatic rings. The SMILES string of the molecule is Cn1c(=O)n(C2CCC(=O)NC2=O)c2cccc(NC3CCC(C(=O)N4CC[C@H](C(=O)OC(C)(C)C)C4)CC3)c21. The molecule has 0 bridgehead atoms. The molecule has 0 spiro atoms. The molecular weight excluding hydrogens is 514 g/mol. The van der Waals surface area contributed by atoms with Gasteiger partial charge in [-0.1, -0.05) is 6.07 Å². The molecule has 11 nitrogen and oxygen atoms in total. The fourth-order valence-electron chi connectivity index (χ4n) is 6.29. The minimum Gasteiger partial charge on any atom is -0.460 e. The Bertz CT molecular complexity index is 1390. The summed E-state index contributed by atoms with van der Waals surface area (Å²) in [6.07, 6.45) is 4.22. The predicted octanol–water partition coefficient (Wildman–Crippen LogP) is 2.48. The van der Waals surface area contributed by atoms with Gasteiger partial charge < -0.3 is 15.0 Å². The number of carbonyl (C=O) groups excluding carboxylic acids is 4. The number of hydrogen-bond donors (Lipinski definition) is 2. The van der Waals surface area contributed by atoms with E-state index in [4.69, 9.17) is 4.74 Å². The summed E-state index contributed by atoms with van der Waals surface area (Å²) in [5.41, 5.74) is 1.32. The number of ether oxygens (including phenoxy) is 1. The van der Waals surface area contributed by atoms with E-state index in [2.05, 4.69) is 10.6 Å². The molecular formula is C29H39N5O6. The van der Waals surface area contributed by atoms with Gasteiger partial charge in [0.05, 0.1) is 22.6 Å². The van der Waals surface area contributed by atoms with Gasteiger partial charge in [0.2, 0.25) is 17.7 Å². The fraction of sp³-hybridized carbons (Fsp3) is 0.621. The molecule has 2 saturated heterocycles. The fourth-order valence-corrected chi connectivity index (χ4v) is 6.29. The number of aryl methyl sites for hydroxylation is 1. The Hall–Kier alpha value is -3.63. The maximum atomic E-state index is 13.2. The van der Waals surface area contributed by atoms with Crippen LogP contribution < -0.4 is 16.3 Å². The highest BCUT2D eigenvalue weighted by molar-refractivity contribution is 6.00. The predicted molar refractivity (Wildman–Crippen MR) is 149 cm³/mol. The van der Waals surface area contributed by atoms with Crippen LogP contribution in [0, 0.1) is 11.8 Å². The van der Waals surface area contributed by atoms with Gasteiger partial charge in [-0.05, 0) is 71.4 Å². The zero-order valence-corrected chi connectivity index (χ0v) is 23.7. The second kappa shape index (κ2) is 10.7. The molecule has 1 saturated carbocycles. The Morgan fingerprint density at radius 2 is 1.73 bits per heavy atom. The second-order valence-electron chi connectivity index (χ2n) is 12.3. The van der Waals surface area contributed by atoms with Gasteiger partial charge in [0.15, 0.2) is 0 Å². The summed E-state index contributed by atoms with van der Waals surface area (Å²) in [5.74, 6) is -1.22. The minimum atomic E-state index is -0.730. The number of hydrogen-bond acceptors (Lipinski definition) is 7. The first-order chi connectivity index (χ1) is 18.9. The third kappa shape index (κ3) is 5.51. The Labute approximate surface area is 233 Å². The number of anilines is 1. The summed E-state index contributed by atoms with van der Waals surface area (Å²) in [4.78, 5) is 64.9. The van der Waals surface area contributed by atoms with Crippen molar-refractivity contribution in [3.8, 4) is 0 Å². The summed E-state index contributed by atoms with van der Waals surface area (Å²) in [6.45, 7) is 6.56. The van der Waals surface area contributed by atoms with E-state index in [-0.39, 0.29) is 54.2 Å². The van der Waals surface area contributed by atoms with Crippen molar-refractivity contribution in [3.05, 3.63) is 28.7 Å². The molecule has 2 atom stereocenters. The molecule has 3 fully saturated rings. The maximum absolute atomic E-state index is 13.2. The highest BCUT2D eigenvalue weighted by atomic mass is 16.6. The lowest BCUT2D eigenvalue weighted by Gasteiger charge is -2.31. The van der Waals surface area contributed by atoms with Crippen LogP contribution in [-0.2, 0) is 31.0 Å². The lowest BCUT2D eigenvalue weighted by atomic mass is 9.85. The van der Waals surface area contributed by atoms with Crippen molar-refractivity contribution in [3.63, 3.8) is 0 Å². The maximum Gasteiger partial charge on any atom is 0.329 e. The first kappa shape index (κ1) is 27.9. The zero-order chi connectivity index (χ0) is 28.8. The Balaban J connectivity index is 1.22. The van der Waals surface area contributed by atoms with Gasteiger partial charge in [0, 0.05) is 38.5 Å². The van der Waals surface area contributed by atoms with Crippen molar-refractivity contribution in [1.29, 1.82) is 0 Å². The van der Waals surface area contributed by atoms with Crippen LogP contribution in [0.4, 0.5) is 5.69 Å². The van der Waals surface area contributed by atoms with Crippen LogP contribution >= 0.6 is 0 Å². The number of imidazole rings is 1. The molecule has 216 valence electrons. The van der Waals surface area contributed by atoms with Gasteiger partial charge in [-0.3, -0.25) is 33.6 Å². The number of rotatable bonds is 5. The monoisotopic (exact) mass is 553 g/mol. The normalized spacial score (nSPS) is 25.6. The summed E-state index contributed by atoms with van der Waals surface area (Å²) < 4.78 is 8.55. The third-order valence-electron chi connectivity index (χ3n) is 8.30. The van der Waals surface area contributed by atoms with E-state index in [1.165, 1.54) is 4.57 Å². The molecule has 1 aromatic heterocycles. The van der Waals surface area contributed by atoms with Crippen LogP contribution in [0.25, 0.3) is 11.0 Å². The molecule has 3 amide bonds. The number of imide groups is 1. The Kier molecular flexibility index (Phi) is 7.50. The number of amides is 3. The van der Waals surface area contributed by atoms with Gasteiger partial charge in [-0.25, -0.2) is 4.79 Å². The summed E-state index contributed by atoms with van der Waals surface area (Å²) in [5, 5.41) is 5.93. The third-order valence-corrected chi connectivity index (χ3v) is 8.30. The average molecular weight is 554 g/mol. The number of aromatic nitrogens is 2. The standard InChI is InChI=1S/C29H39N5O6/c1-29(2,3)40-27(38)18-14-15-33(16-18)26(37)17-8-10-19(11-9-17)30-20-6-5-7-21-24(20)32(4)28(39)34(21)22-12-13-23(35)31-25(22)36/h5-7,17-19,22,30H,8-16H2,1-4H3,(H,31,35,36)/t17?,18-,19?,22?/m0/s1. The van der Waals surface area contributed by atoms with E-state index in [1.807, 2.05) is 43.9 Å². The second-order valence-corrected chi connectivity index (χ2v) is 12.3. The first-order valence-corrected chi connectivity index (χ1v) is 14.2. The molecule has 40 heavy (non-hydrogen) atoms. The number of carbonyl (C=O) groups is 4.